The molecule has 6 heteroatoms. The molecule has 4 rings (SSSR count). The van der Waals surface area contributed by atoms with Crippen LogP contribution in [0.1, 0.15) is 5.76 Å². The molecule has 0 bridgehead atoms. The molecule has 0 saturated heterocycles. The second-order valence-electron chi connectivity index (χ2n) is 5.47. The van der Waals surface area contributed by atoms with Gasteiger partial charge in [-0.25, -0.2) is 4.98 Å². The molecule has 2 aromatic carbocycles. The first-order valence-electron chi connectivity index (χ1n) is 7.94. The Labute approximate surface area is 159 Å². The summed E-state index contributed by atoms with van der Waals surface area (Å²) in [5, 5.41) is 6.79. The minimum atomic E-state index is 0.662. The van der Waals surface area contributed by atoms with E-state index >= 15 is 0 Å². The second-order valence-corrected chi connectivity index (χ2v) is 6.99. The fourth-order valence-electron chi connectivity index (χ4n) is 2.37. The molecule has 0 fully saturated rings. The number of hydrogen-bond acceptors (Lipinski definition) is 5. The van der Waals surface area contributed by atoms with Gasteiger partial charge in [0.2, 0.25) is 0 Å². The van der Waals surface area contributed by atoms with E-state index in [-0.39, 0.29) is 0 Å². The first-order chi connectivity index (χ1) is 12.8. The maximum Gasteiger partial charge on any atom is 0.165 e. The standard InChI is InChI=1S/C20H14ClN3OS/c21-15-6-9-17(10-7-15)26-20-12-8-16(25-20)13-22-24-19-11-5-14-3-1-2-4-18(14)23-19/h1-13H,(H,23,24). The maximum absolute atomic E-state index is 5.90. The summed E-state index contributed by atoms with van der Waals surface area (Å²) in [5.74, 6) is 1.34. The minimum Gasteiger partial charge on any atom is -0.448 e. The number of anilines is 1. The molecular weight excluding hydrogens is 366 g/mol. The lowest BCUT2D eigenvalue weighted by Crippen LogP contribution is -1.93. The van der Waals surface area contributed by atoms with E-state index in [0.717, 1.165) is 25.9 Å². The van der Waals surface area contributed by atoms with Gasteiger partial charge in [-0.2, -0.15) is 5.10 Å². The Balaban J connectivity index is 1.40. The Hall–Kier alpha value is -2.76. The predicted octanol–water partition coefficient (Wildman–Crippen LogP) is 6.08. The maximum atomic E-state index is 5.90. The summed E-state index contributed by atoms with van der Waals surface area (Å²) in [7, 11) is 0. The third kappa shape index (κ3) is 4.07. The van der Waals surface area contributed by atoms with Gasteiger partial charge >= 0.3 is 0 Å². The number of fused-ring (bicyclic) bond motifs is 1. The smallest absolute Gasteiger partial charge is 0.165 e. The topological polar surface area (TPSA) is 50.4 Å². The fraction of sp³-hybridized carbons (Fsp3) is 0. The van der Waals surface area contributed by atoms with Crippen molar-refractivity contribution in [2.75, 3.05) is 5.43 Å². The number of halogens is 1. The molecule has 0 amide bonds. The Kier molecular flexibility index (Phi) is 4.91. The van der Waals surface area contributed by atoms with Crippen LogP contribution in [0, 0.1) is 0 Å². The Bertz CT molecular complexity index is 1060. The molecule has 0 spiro atoms. The summed E-state index contributed by atoms with van der Waals surface area (Å²) >= 11 is 7.43. The average molecular weight is 380 g/mol. The first-order valence-corrected chi connectivity index (χ1v) is 9.14. The third-order valence-electron chi connectivity index (χ3n) is 3.60. The van der Waals surface area contributed by atoms with Crippen molar-refractivity contribution in [1.29, 1.82) is 0 Å². The summed E-state index contributed by atoms with van der Waals surface area (Å²) in [4.78, 5) is 5.57. The second kappa shape index (κ2) is 7.64. The Morgan fingerprint density at radius 3 is 2.69 bits per heavy atom. The zero-order chi connectivity index (χ0) is 17.8. The number of para-hydroxylation sites is 1. The van der Waals surface area contributed by atoms with Gasteiger partial charge in [0.15, 0.2) is 5.09 Å². The molecule has 4 nitrogen and oxygen atoms in total. The van der Waals surface area contributed by atoms with Crippen LogP contribution in [-0.4, -0.2) is 11.2 Å². The van der Waals surface area contributed by atoms with Crippen molar-refractivity contribution in [2.45, 2.75) is 9.99 Å². The number of nitrogens with one attached hydrogen (secondary N) is 1. The molecule has 0 unspecified atom stereocenters. The van der Waals surface area contributed by atoms with Crippen molar-refractivity contribution in [3.63, 3.8) is 0 Å². The van der Waals surface area contributed by atoms with Gasteiger partial charge in [0.1, 0.15) is 11.6 Å². The van der Waals surface area contributed by atoms with Crippen molar-refractivity contribution in [3.8, 4) is 0 Å². The van der Waals surface area contributed by atoms with Crippen LogP contribution < -0.4 is 5.43 Å². The van der Waals surface area contributed by atoms with E-state index in [4.69, 9.17) is 16.0 Å². The Morgan fingerprint density at radius 2 is 1.81 bits per heavy atom. The number of nitrogens with zero attached hydrogens (tertiary/aromatic N) is 2. The summed E-state index contributed by atoms with van der Waals surface area (Å²) in [6.45, 7) is 0. The lowest BCUT2D eigenvalue weighted by Gasteiger charge is -2.01. The van der Waals surface area contributed by atoms with Gasteiger partial charge in [-0.1, -0.05) is 41.6 Å². The van der Waals surface area contributed by atoms with Crippen molar-refractivity contribution >= 4 is 46.3 Å². The van der Waals surface area contributed by atoms with Gasteiger partial charge < -0.3 is 4.42 Å². The highest BCUT2D eigenvalue weighted by Gasteiger charge is 2.03. The van der Waals surface area contributed by atoms with Crippen molar-refractivity contribution in [3.05, 3.63) is 83.6 Å². The number of hydrazone groups is 1. The van der Waals surface area contributed by atoms with Gasteiger partial charge in [0, 0.05) is 15.3 Å². The van der Waals surface area contributed by atoms with E-state index in [1.807, 2.05) is 72.8 Å². The van der Waals surface area contributed by atoms with Gasteiger partial charge in [0.25, 0.3) is 0 Å². The molecule has 0 atom stereocenters. The largest absolute Gasteiger partial charge is 0.448 e. The zero-order valence-corrected chi connectivity index (χ0v) is 15.2. The van der Waals surface area contributed by atoms with Crippen LogP contribution in [0.2, 0.25) is 5.02 Å². The molecule has 0 aliphatic heterocycles. The SMILES string of the molecule is Clc1ccc(Sc2ccc(C=NNc3ccc4ccccc4n3)o2)cc1. The predicted molar refractivity (Wildman–Crippen MR) is 107 cm³/mol. The summed E-state index contributed by atoms with van der Waals surface area (Å²) in [6.07, 6.45) is 1.63. The number of hydrogen-bond donors (Lipinski definition) is 1. The average Bonchev–Trinajstić information content (AvgIpc) is 3.11. The quantitative estimate of drug-likeness (QED) is 0.337. The van der Waals surface area contributed by atoms with Crippen LogP contribution in [0.15, 0.2) is 92.3 Å². The normalized spacial score (nSPS) is 11.3. The van der Waals surface area contributed by atoms with E-state index in [0.29, 0.717) is 11.6 Å². The fourth-order valence-corrected chi connectivity index (χ4v) is 3.27. The third-order valence-corrected chi connectivity index (χ3v) is 4.78. The van der Waals surface area contributed by atoms with E-state index < -0.39 is 0 Å². The minimum absolute atomic E-state index is 0.662. The number of benzene rings is 2. The first kappa shape index (κ1) is 16.7. The van der Waals surface area contributed by atoms with Crippen LogP contribution in [0.4, 0.5) is 5.82 Å². The van der Waals surface area contributed by atoms with Crippen molar-refractivity contribution in [1.82, 2.24) is 4.98 Å². The summed E-state index contributed by atoms with van der Waals surface area (Å²) in [6, 6.07) is 23.3. The molecule has 4 aromatic rings. The van der Waals surface area contributed by atoms with Gasteiger partial charge in [0.05, 0.1) is 11.7 Å². The molecule has 0 radical (unpaired) electrons. The lowest BCUT2D eigenvalue weighted by atomic mass is 10.2. The molecule has 1 N–H and O–H groups in total. The number of pyridine rings is 1. The monoisotopic (exact) mass is 379 g/mol. The summed E-state index contributed by atoms with van der Waals surface area (Å²) < 4.78 is 5.75. The van der Waals surface area contributed by atoms with Crippen LogP contribution in [0.25, 0.3) is 10.9 Å². The summed E-state index contributed by atoms with van der Waals surface area (Å²) in [5.41, 5.74) is 3.85. The van der Waals surface area contributed by atoms with Crippen molar-refractivity contribution in [2.24, 2.45) is 5.10 Å². The van der Waals surface area contributed by atoms with E-state index in [1.165, 1.54) is 11.8 Å². The molecular formula is C20H14ClN3OS. The molecule has 0 aliphatic rings. The zero-order valence-electron chi connectivity index (χ0n) is 13.6. The highest BCUT2D eigenvalue weighted by Crippen LogP contribution is 2.29. The lowest BCUT2D eigenvalue weighted by molar-refractivity contribution is 0.469. The van der Waals surface area contributed by atoms with Crippen LogP contribution >= 0.6 is 23.4 Å². The van der Waals surface area contributed by atoms with Gasteiger partial charge in [-0.15, -0.1) is 0 Å². The van der Waals surface area contributed by atoms with E-state index in [9.17, 15) is 0 Å². The van der Waals surface area contributed by atoms with Gasteiger partial charge in [-0.05, 0) is 54.6 Å². The van der Waals surface area contributed by atoms with Crippen molar-refractivity contribution < 1.29 is 4.42 Å². The molecule has 2 heterocycles. The van der Waals surface area contributed by atoms with Crippen LogP contribution in [0.5, 0.6) is 0 Å². The molecule has 0 saturated carbocycles. The van der Waals surface area contributed by atoms with Crippen LogP contribution in [0.3, 0.4) is 0 Å². The highest BCUT2D eigenvalue weighted by molar-refractivity contribution is 7.99. The number of rotatable bonds is 5. The molecule has 128 valence electrons. The van der Waals surface area contributed by atoms with E-state index in [1.54, 1.807) is 6.21 Å². The number of aromatic nitrogens is 1. The van der Waals surface area contributed by atoms with Crippen LogP contribution in [-0.2, 0) is 0 Å². The highest BCUT2D eigenvalue weighted by atomic mass is 35.5. The molecule has 26 heavy (non-hydrogen) atoms. The molecule has 0 aliphatic carbocycles. The van der Waals surface area contributed by atoms with Gasteiger partial charge in [-0.3, -0.25) is 5.43 Å². The molecule has 2 aromatic heterocycles. The van der Waals surface area contributed by atoms with E-state index in [2.05, 4.69) is 15.5 Å². The Morgan fingerprint density at radius 1 is 0.962 bits per heavy atom. The number of furan rings is 1.